The van der Waals surface area contributed by atoms with E-state index in [0.29, 0.717) is 17.7 Å². The molecule has 3 aromatic heterocycles. The quantitative estimate of drug-likeness (QED) is 0.132. The van der Waals surface area contributed by atoms with Gasteiger partial charge in [-0.2, -0.15) is 10.5 Å². The van der Waals surface area contributed by atoms with Gasteiger partial charge in [-0.1, -0.05) is 66.2 Å². The Balaban J connectivity index is 0.000000183. The Bertz CT molecular complexity index is 2640. The number of piperidine rings is 1. The molecule has 60 heavy (non-hydrogen) atoms. The van der Waals surface area contributed by atoms with Crippen molar-refractivity contribution < 1.29 is 5.11 Å². The van der Waals surface area contributed by atoms with Crippen molar-refractivity contribution >= 4 is 11.6 Å². The molecule has 11 heteroatoms. The van der Waals surface area contributed by atoms with Crippen LogP contribution < -0.4 is 5.56 Å². The van der Waals surface area contributed by atoms with E-state index < -0.39 is 0 Å². The summed E-state index contributed by atoms with van der Waals surface area (Å²) < 4.78 is 5.99. The van der Waals surface area contributed by atoms with Crippen LogP contribution in [0.25, 0.3) is 5.69 Å². The number of hydrogen-bond donors (Lipinski definition) is 1. The number of nitrogens with zero attached hydrogens (tertiary/aromatic N) is 8. The lowest BCUT2D eigenvalue weighted by atomic mass is 9.74. The molecule has 1 fully saturated rings. The molecule has 1 aliphatic rings. The van der Waals surface area contributed by atoms with Gasteiger partial charge in [-0.25, -0.2) is 9.97 Å². The molecule has 0 saturated carbocycles. The van der Waals surface area contributed by atoms with Crippen LogP contribution in [0.3, 0.4) is 0 Å². The third-order valence-corrected chi connectivity index (χ3v) is 11.6. The number of aliphatic hydroxyl groups is 1. The summed E-state index contributed by atoms with van der Waals surface area (Å²) in [7, 11) is 0. The van der Waals surface area contributed by atoms with E-state index in [1.54, 1.807) is 22.9 Å². The van der Waals surface area contributed by atoms with Crippen molar-refractivity contribution in [3.8, 4) is 17.8 Å². The average molecular weight is 815 g/mol. The first-order valence-electron chi connectivity index (χ1n) is 20.1. The molecule has 0 radical (unpaired) electrons. The lowest BCUT2D eigenvalue weighted by Gasteiger charge is -2.41. The fourth-order valence-corrected chi connectivity index (χ4v) is 7.97. The topological polar surface area (TPSA) is 129 Å². The summed E-state index contributed by atoms with van der Waals surface area (Å²) >= 11 is 6.16. The number of nitriles is 2. The van der Waals surface area contributed by atoms with Crippen molar-refractivity contribution in [1.29, 1.82) is 10.5 Å². The van der Waals surface area contributed by atoms with E-state index in [1.807, 2.05) is 123 Å². The lowest BCUT2D eigenvalue weighted by Crippen LogP contribution is -2.43. The van der Waals surface area contributed by atoms with E-state index in [0.717, 1.165) is 90.8 Å². The summed E-state index contributed by atoms with van der Waals surface area (Å²) in [6.45, 7) is 6.42. The third-order valence-electron chi connectivity index (χ3n) is 11.3. The Morgan fingerprint density at radius 3 is 2.07 bits per heavy atom. The Hall–Kier alpha value is -6.56. The van der Waals surface area contributed by atoms with E-state index in [1.165, 1.54) is 11.3 Å². The molecule has 0 spiro atoms. The van der Waals surface area contributed by atoms with Gasteiger partial charge in [0, 0.05) is 73.7 Å². The summed E-state index contributed by atoms with van der Waals surface area (Å²) in [5.74, 6) is 0.993. The van der Waals surface area contributed by atoms with Crippen LogP contribution in [0.1, 0.15) is 63.4 Å². The molecule has 10 nitrogen and oxygen atoms in total. The number of likely N-dealkylation sites (tertiary alicyclic amines) is 1. The number of benzene rings is 4. The minimum Gasteiger partial charge on any atom is -0.396 e. The van der Waals surface area contributed by atoms with Gasteiger partial charge in [0.1, 0.15) is 5.82 Å². The molecular formula is C49H47ClN8O2. The Morgan fingerprint density at radius 1 is 0.750 bits per heavy atom. The molecule has 302 valence electrons. The third kappa shape index (κ3) is 10.5. The van der Waals surface area contributed by atoms with Crippen LogP contribution in [0.2, 0.25) is 5.02 Å². The predicted octanol–water partition coefficient (Wildman–Crippen LogP) is 8.13. The van der Waals surface area contributed by atoms with E-state index in [-0.39, 0.29) is 17.6 Å². The molecule has 4 aromatic carbocycles. The number of imidazole rings is 2. The van der Waals surface area contributed by atoms with E-state index in [9.17, 15) is 9.90 Å². The van der Waals surface area contributed by atoms with Gasteiger partial charge >= 0.3 is 0 Å². The number of aliphatic hydroxyl groups excluding tert-OH is 1. The zero-order valence-electron chi connectivity index (χ0n) is 33.7. The maximum absolute atomic E-state index is 12.0. The van der Waals surface area contributed by atoms with Crippen molar-refractivity contribution in [2.45, 2.75) is 52.2 Å². The summed E-state index contributed by atoms with van der Waals surface area (Å²) in [5.41, 5.74) is 8.97. The first kappa shape index (κ1) is 41.6. The van der Waals surface area contributed by atoms with Crippen LogP contribution in [0.4, 0.5) is 0 Å². The second-order valence-electron chi connectivity index (χ2n) is 15.5. The van der Waals surface area contributed by atoms with Crippen LogP contribution in [0.15, 0.2) is 145 Å². The van der Waals surface area contributed by atoms with Gasteiger partial charge in [-0.05, 0) is 122 Å². The highest BCUT2D eigenvalue weighted by Gasteiger charge is 2.34. The lowest BCUT2D eigenvalue weighted by molar-refractivity contribution is 0.0406. The molecule has 4 heterocycles. The molecule has 0 atom stereocenters. The van der Waals surface area contributed by atoms with Gasteiger partial charge in [0.05, 0.1) is 35.3 Å². The van der Waals surface area contributed by atoms with Crippen molar-refractivity contribution in [3.05, 3.63) is 206 Å². The molecule has 0 amide bonds. The van der Waals surface area contributed by atoms with Crippen molar-refractivity contribution in [1.82, 2.24) is 28.6 Å². The fraction of sp³-hybridized carbons (Fsp3) is 0.245. The molecular weight excluding hydrogens is 768 g/mol. The van der Waals surface area contributed by atoms with Gasteiger partial charge in [-0.15, -0.1) is 0 Å². The van der Waals surface area contributed by atoms with Crippen molar-refractivity contribution in [3.63, 3.8) is 0 Å². The smallest absolute Gasteiger partial charge is 0.255 e. The van der Waals surface area contributed by atoms with Gasteiger partial charge in [0.25, 0.3) is 5.56 Å². The van der Waals surface area contributed by atoms with Crippen molar-refractivity contribution in [2.75, 3.05) is 19.7 Å². The van der Waals surface area contributed by atoms with Crippen LogP contribution >= 0.6 is 11.6 Å². The Kier molecular flexibility index (Phi) is 13.5. The second kappa shape index (κ2) is 19.5. The highest BCUT2D eigenvalue weighted by Crippen LogP contribution is 2.36. The molecule has 0 bridgehead atoms. The molecule has 8 rings (SSSR count). The van der Waals surface area contributed by atoms with E-state index in [4.69, 9.17) is 22.1 Å². The number of aromatic nitrogens is 5. The zero-order valence-corrected chi connectivity index (χ0v) is 34.4. The van der Waals surface area contributed by atoms with Crippen molar-refractivity contribution in [2.24, 2.45) is 5.41 Å². The number of halogens is 1. The molecule has 1 saturated heterocycles. The largest absolute Gasteiger partial charge is 0.396 e. The zero-order chi connectivity index (χ0) is 41.9. The van der Waals surface area contributed by atoms with Gasteiger partial charge in [0.2, 0.25) is 0 Å². The van der Waals surface area contributed by atoms with Gasteiger partial charge in [-0.3, -0.25) is 14.3 Å². The van der Waals surface area contributed by atoms with Gasteiger partial charge < -0.3 is 14.2 Å². The monoisotopic (exact) mass is 814 g/mol. The van der Waals surface area contributed by atoms with Gasteiger partial charge in [0.15, 0.2) is 0 Å². The first-order chi connectivity index (χ1) is 29.2. The summed E-state index contributed by atoms with van der Waals surface area (Å²) in [4.78, 5) is 23.3. The highest BCUT2D eigenvalue weighted by molar-refractivity contribution is 6.30. The maximum atomic E-state index is 12.0. The fourth-order valence-electron chi connectivity index (χ4n) is 7.75. The Morgan fingerprint density at radius 2 is 1.42 bits per heavy atom. The average Bonchev–Trinajstić information content (AvgIpc) is 3.86. The standard InChI is InChI=1S/C26H29ClN4O.C23H18N4O/c1-20-29-16-25(31(20)17-22-7-5-21(15-28)6-8-22)18-30-11-9-26(19-32,10-12-30)14-23-3-2-4-24(27)13-23;24-14-19-6-4-18(5-7-19)13-22-15-25-17-26(22)16-20-8-10-21(11-9-20)27-12-2-1-3-23(27)28/h2-8,13,16,32H,9-12,14,17-19H2,1H3;1-12,15,17H,13,16H2. The van der Waals surface area contributed by atoms with E-state index in [2.05, 4.69) is 42.2 Å². The number of pyridine rings is 1. The number of aryl methyl sites for hydroxylation is 1. The SMILES string of the molecule is Cc1ncc(CN2CCC(CO)(Cc3cccc(Cl)c3)CC2)n1Cc1ccc(C#N)cc1.N#Cc1ccc(Cc2cncn2Cc2ccc(-n3ccccc3=O)cc2)cc1. The molecule has 7 aromatic rings. The Labute approximate surface area is 355 Å². The molecule has 1 N–H and O–H groups in total. The normalized spacial score (nSPS) is 13.5. The minimum atomic E-state index is -0.0835. The molecule has 0 unspecified atom stereocenters. The number of hydrogen-bond acceptors (Lipinski definition) is 7. The molecule has 0 aliphatic carbocycles. The van der Waals surface area contributed by atoms with E-state index >= 15 is 0 Å². The minimum absolute atomic E-state index is 0.0467. The summed E-state index contributed by atoms with van der Waals surface area (Å²) in [6.07, 6.45) is 11.0. The summed E-state index contributed by atoms with van der Waals surface area (Å²) in [6, 6.07) is 40.7. The summed E-state index contributed by atoms with van der Waals surface area (Å²) in [5, 5.41) is 28.9. The predicted molar refractivity (Wildman–Crippen MR) is 234 cm³/mol. The highest BCUT2D eigenvalue weighted by atomic mass is 35.5. The second-order valence-corrected chi connectivity index (χ2v) is 15.9. The van der Waals surface area contributed by atoms with Crippen LogP contribution in [-0.2, 0) is 32.5 Å². The first-order valence-corrected chi connectivity index (χ1v) is 20.4. The van der Waals surface area contributed by atoms with Crippen LogP contribution in [0, 0.1) is 35.0 Å². The van der Waals surface area contributed by atoms with Crippen LogP contribution in [-0.4, -0.2) is 53.4 Å². The molecule has 1 aliphatic heterocycles. The number of rotatable bonds is 12. The van der Waals surface area contributed by atoms with Crippen LogP contribution in [0.5, 0.6) is 0 Å². The maximum Gasteiger partial charge on any atom is 0.255 e.